The second-order valence-electron chi connectivity index (χ2n) is 16.0. The molecule has 0 amide bonds. The molecule has 14 nitrogen and oxygen atoms in total. The number of alkyl halides is 3. The van der Waals surface area contributed by atoms with Gasteiger partial charge in [-0.25, -0.2) is 4.57 Å². The van der Waals surface area contributed by atoms with E-state index in [9.17, 15) is 28.0 Å². The molecule has 0 saturated heterocycles. The van der Waals surface area contributed by atoms with Crippen molar-refractivity contribution in [2.45, 2.75) is 158 Å². The fourth-order valence-corrected chi connectivity index (χ4v) is 7.85. The maximum atomic E-state index is 12.1. The number of hydrogen-bond acceptors (Lipinski definition) is 13. The minimum Gasteiger partial charge on any atom is -0.779 e. The maximum Gasteiger partial charge on any atom is 1.00 e. The maximum absolute atomic E-state index is 12.1. The van der Waals surface area contributed by atoms with E-state index in [2.05, 4.69) is 27.1 Å². The van der Waals surface area contributed by atoms with Gasteiger partial charge >= 0.3 is 66.8 Å². The molecule has 0 aliphatic heterocycles. The molecule has 0 aromatic carbocycles. The van der Waals surface area contributed by atoms with E-state index < -0.39 is 64.4 Å². The van der Waals surface area contributed by atoms with Crippen molar-refractivity contribution in [2.75, 3.05) is 23.3 Å². The molecule has 0 aliphatic rings. The van der Waals surface area contributed by atoms with Crippen LogP contribution in [0.15, 0.2) is 0 Å². The first-order chi connectivity index (χ1) is 20.7. The first-order valence-corrected chi connectivity index (χ1v) is 24.3. The Kier molecular flexibility index (Phi) is 38.5. The molecule has 312 valence electrons. The van der Waals surface area contributed by atoms with Crippen LogP contribution in [-0.4, -0.2) is 61.8 Å². The summed E-state index contributed by atoms with van der Waals surface area (Å²) in [5, 5.41) is 0. The molecule has 0 spiro atoms. The summed E-state index contributed by atoms with van der Waals surface area (Å²) in [7, 11) is -14.6. The Hall–Kier alpha value is 3.76. The molecule has 0 aromatic heterocycles. The van der Waals surface area contributed by atoms with Crippen molar-refractivity contribution in [1.29, 1.82) is 0 Å². The van der Waals surface area contributed by atoms with Gasteiger partial charge in [0.1, 0.15) is 13.7 Å². The molecule has 0 aliphatic carbocycles. The van der Waals surface area contributed by atoms with Crippen LogP contribution < -0.4 is 61.2 Å². The van der Waals surface area contributed by atoms with Crippen LogP contribution in [0.1, 0.15) is 125 Å². The van der Waals surface area contributed by atoms with Crippen molar-refractivity contribution in [2.24, 2.45) is 0 Å². The van der Waals surface area contributed by atoms with Crippen LogP contribution in [0, 0.1) is 0 Å². The molecule has 0 aromatic rings. The van der Waals surface area contributed by atoms with E-state index in [1.807, 2.05) is 0 Å². The predicted molar refractivity (Wildman–Crippen MR) is 213 cm³/mol. The summed E-state index contributed by atoms with van der Waals surface area (Å²) in [6.07, 6.45) is 0. The van der Waals surface area contributed by atoms with Crippen molar-refractivity contribution in [3.8, 4) is 0 Å². The summed E-state index contributed by atoms with van der Waals surface area (Å²) in [5.74, 6) is 0. The fourth-order valence-electron chi connectivity index (χ4n) is 2.50. The summed E-state index contributed by atoms with van der Waals surface area (Å²) in [6, 6.07) is -0.233. The largest absolute Gasteiger partial charge is 1.00 e. The van der Waals surface area contributed by atoms with Gasteiger partial charge in [0, 0.05) is 13.3 Å². The quantitative estimate of drug-likeness (QED) is 0.108. The molecule has 2 atom stereocenters. The Morgan fingerprint density at radius 1 is 0.549 bits per heavy atom. The van der Waals surface area contributed by atoms with Gasteiger partial charge in [-0.2, -0.15) is 0 Å². The van der Waals surface area contributed by atoms with Crippen molar-refractivity contribution in [3.63, 3.8) is 0 Å². The summed E-state index contributed by atoms with van der Waals surface area (Å²) in [5.41, 5.74) is -3.85. The fraction of sp³-hybridized carbons (Fsp3) is 1.00. The normalized spacial score (nSPS) is 15.1. The third-order valence-electron chi connectivity index (χ3n) is 2.63. The molecule has 0 saturated carbocycles. The van der Waals surface area contributed by atoms with Gasteiger partial charge in [0.05, 0.1) is 37.5 Å². The summed E-state index contributed by atoms with van der Waals surface area (Å²) in [6.45, 7) is 33.1. The standard InChI is InChI=1S/C9H20ClO4P.C8H19O4P.2C5H13O3P.CH2ClI.ClH.K/c1-8(2,3)13-15(11,12-7-10)14-9(4,5)6;1-7(2,3)11-13(9,10)12-8(4,5)6;2*1-5(2,3)8-9(4,6)7;2-1-3;;/h7H2,1-6H3;1-6H3,(H,9,10);2*1-4H3,(H,6,7);1H2;1H;/q;;;;;;+1/p-2. The number of rotatable bonds is 8. The van der Waals surface area contributed by atoms with Crippen molar-refractivity contribution in [1.82, 2.24) is 0 Å². The molecule has 2 unspecified atom stereocenters. The third-order valence-corrected chi connectivity index (χ3v) is 8.19. The average Bonchev–Trinajstić information content (AvgIpc) is 2.56. The summed E-state index contributed by atoms with van der Waals surface area (Å²) < 4.78 is 79.4. The van der Waals surface area contributed by atoms with E-state index in [0.29, 0.717) is 3.89 Å². The van der Waals surface area contributed by atoms with Crippen LogP contribution in [-0.2, 0) is 49.9 Å². The molecular weight excluding hydrogens is 957 g/mol. The van der Waals surface area contributed by atoms with Crippen LogP contribution >= 0.6 is 89.0 Å². The predicted octanol–water partition coefficient (Wildman–Crippen LogP) is 7.67. The number of hydrogen-bond donors (Lipinski definition) is 1. The number of phosphoric ester groups is 2. The van der Waals surface area contributed by atoms with E-state index in [0.717, 1.165) is 6.66 Å². The smallest absolute Gasteiger partial charge is 0.779 e. The minimum absolute atomic E-state index is 0. The van der Waals surface area contributed by atoms with Crippen LogP contribution in [0.5, 0.6) is 0 Å². The molecule has 0 radical (unpaired) electrons. The Balaban J connectivity index is -0.0000000992. The van der Waals surface area contributed by atoms with Crippen LogP contribution in [0.3, 0.4) is 0 Å². The molecule has 0 fully saturated rings. The average molecular weight is 1020 g/mol. The van der Waals surface area contributed by atoms with E-state index in [-0.39, 0.29) is 69.9 Å². The molecule has 0 rings (SSSR count). The Bertz CT molecular complexity index is 1010. The van der Waals surface area contributed by atoms with Crippen molar-refractivity contribution < 1.29 is 116 Å². The van der Waals surface area contributed by atoms with Crippen LogP contribution in [0.2, 0.25) is 0 Å². The number of halogens is 4. The zero-order valence-corrected chi connectivity index (χ0v) is 45.7. The Morgan fingerprint density at radius 3 is 0.863 bits per heavy atom. The second kappa shape index (κ2) is 28.3. The Morgan fingerprint density at radius 2 is 0.765 bits per heavy atom. The molecule has 0 bridgehead atoms. The van der Waals surface area contributed by atoms with E-state index in [1.165, 1.54) is 6.66 Å². The zero-order chi connectivity index (χ0) is 41.4. The number of phosphoric acid groups is 2. The summed E-state index contributed by atoms with van der Waals surface area (Å²) >= 11 is 12.4. The summed E-state index contributed by atoms with van der Waals surface area (Å²) in [4.78, 5) is 30.4. The molecule has 1 N–H and O–H groups in total. The molecule has 51 heavy (non-hydrogen) atoms. The van der Waals surface area contributed by atoms with E-state index in [4.69, 9.17) is 55.2 Å². The van der Waals surface area contributed by atoms with E-state index in [1.54, 1.807) is 125 Å². The first-order valence-electron chi connectivity index (χ1n) is 14.8. The molecule has 0 heterocycles. The van der Waals surface area contributed by atoms with Gasteiger partial charge in [0.2, 0.25) is 0 Å². The topological polar surface area (TPSA) is 199 Å². The van der Waals surface area contributed by atoms with Gasteiger partial charge in [0.15, 0.2) is 0 Å². The van der Waals surface area contributed by atoms with Gasteiger partial charge in [0.25, 0.3) is 7.82 Å². The van der Waals surface area contributed by atoms with Crippen LogP contribution in [0.25, 0.3) is 0 Å². The monoisotopic (exact) mass is 1020 g/mol. The van der Waals surface area contributed by atoms with Gasteiger partial charge < -0.3 is 37.3 Å². The third kappa shape index (κ3) is 75.2. The molecule has 23 heteroatoms. The SMILES string of the molecule is CC(C)(C)OP(=O)(OCCl)OC(C)(C)C.CC(C)(C)OP(=O)([O-])OC(C)(C)C.CC(C)(C)OP(C)(=O)O.CC(C)(C)OP(C)(=O)[O-].Cl.ClCI.[K+]. The Labute approximate surface area is 382 Å². The van der Waals surface area contributed by atoms with Crippen LogP contribution in [0.4, 0.5) is 0 Å². The van der Waals surface area contributed by atoms with Gasteiger partial charge in [-0.1, -0.05) is 34.2 Å². The van der Waals surface area contributed by atoms with Gasteiger partial charge in [-0.15, -0.1) is 24.0 Å². The van der Waals surface area contributed by atoms with Crippen molar-refractivity contribution >= 4 is 89.0 Å². The zero-order valence-electron chi connectivity index (χ0n) is 34.5. The molecular formula is C28H66Cl3IKO14P4-. The van der Waals surface area contributed by atoms with E-state index >= 15 is 0 Å². The second-order valence-corrected chi connectivity index (χ2v) is 24.5. The van der Waals surface area contributed by atoms with Gasteiger partial charge in [-0.3, -0.25) is 22.7 Å². The minimum atomic E-state index is -4.19. The van der Waals surface area contributed by atoms with Gasteiger partial charge in [-0.05, 0) is 125 Å². The first kappa shape index (κ1) is 69.4. The van der Waals surface area contributed by atoms with Crippen molar-refractivity contribution in [3.05, 3.63) is 0 Å².